The number of amides is 1. The molecule has 0 saturated carbocycles. The lowest BCUT2D eigenvalue weighted by Crippen LogP contribution is -2.30. The van der Waals surface area contributed by atoms with Crippen LogP contribution in [0.1, 0.15) is 10.4 Å². The Kier molecular flexibility index (Phi) is 3.28. The van der Waals surface area contributed by atoms with Crippen LogP contribution in [0.4, 0.5) is 5.82 Å². The van der Waals surface area contributed by atoms with E-state index in [-0.39, 0.29) is 11.3 Å². The van der Waals surface area contributed by atoms with Gasteiger partial charge in [-0.2, -0.15) is 0 Å². The van der Waals surface area contributed by atoms with E-state index in [4.69, 9.17) is 11.6 Å². The first-order chi connectivity index (χ1) is 10.1. The molecule has 0 atom stereocenters. The molecule has 3 rings (SSSR count). The predicted octanol–water partition coefficient (Wildman–Crippen LogP) is 1.47. The molecule has 0 aliphatic heterocycles. The van der Waals surface area contributed by atoms with Gasteiger partial charge in [-0.15, -0.1) is 0 Å². The highest BCUT2D eigenvalue weighted by atomic mass is 35.5. The molecule has 0 aliphatic carbocycles. The Morgan fingerprint density at radius 1 is 1.29 bits per heavy atom. The number of H-pyrrole nitrogens is 1. The number of phenols is 1. The molecule has 0 unspecified atom stereocenters. The fourth-order valence-corrected chi connectivity index (χ4v) is 1.91. The maximum absolute atomic E-state index is 12.0. The summed E-state index contributed by atoms with van der Waals surface area (Å²) in [6, 6.07) is 4.21. The van der Waals surface area contributed by atoms with E-state index in [0.29, 0.717) is 22.0 Å². The van der Waals surface area contributed by atoms with Crippen LogP contribution < -0.4 is 10.9 Å². The summed E-state index contributed by atoms with van der Waals surface area (Å²) >= 11 is 5.71. The first-order valence-electron chi connectivity index (χ1n) is 5.84. The van der Waals surface area contributed by atoms with Crippen LogP contribution in [0, 0.1) is 0 Å². The number of nitrogens with zero attached hydrogens (tertiary/aromatic N) is 3. The van der Waals surface area contributed by atoms with Crippen molar-refractivity contribution < 1.29 is 9.90 Å². The molecule has 0 spiro atoms. The third-order valence-corrected chi connectivity index (χ3v) is 2.96. The number of benzene rings is 1. The van der Waals surface area contributed by atoms with Crippen molar-refractivity contribution in [3.8, 4) is 5.75 Å². The van der Waals surface area contributed by atoms with Crippen molar-refractivity contribution in [2.24, 2.45) is 0 Å². The van der Waals surface area contributed by atoms with Gasteiger partial charge in [0.15, 0.2) is 11.5 Å². The maximum Gasteiger partial charge on any atom is 0.273 e. The number of hydrogen-bond acceptors (Lipinski definition) is 6. The summed E-state index contributed by atoms with van der Waals surface area (Å²) in [5.74, 6) is -0.383. The zero-order valence-corrected chi connectivity index (χ0v) is 11.2. The summed E-state index contributed by atoms with van der Waals surface area (Å²) in [6.45, 7) is 0. The average Bonchev–Trinajstić information content (AvgIpc) is 2.93. The number of carbonyl (C=O) groups excluding carboxylic acids is 1. The minimum atomic E-state index is -0.532. The Morgan fingerprint density at radius 2 is 2.14 bits per heavy atom. The van der Waals surface area contributed by atoms with Gasteiger partial charge in [-0.25, -0.2) is 15.0 Å². The van der Waals surface area contributed by atoms with E-state index in [0.717, 1.165) is 0 Å². The fraction of sp³-hybridized carbons (Fsp3) is 0. The Balaban J connectivity index is 1.78. The van der Waals surface area contributed by atoms with E-state index >= 15 is 0 Å². The first-order valence-corrected chi connectivity index (χ1v) is 6.22. The van der Waals surface area contributed by atoms with E-state index in [1.54, 1.807) is 0 Å². The molecule has 4 N–H and O–H groups in total. The number of fused-ring (bicyclic) bond motifs is 1. The number of nitrogens with one attached hydrogen (secondary N) is 3. The lowest BCUT2D eigenvalue weighted by atomic mass is 10.2. The van der Waals surface area contributed by atoms with E-state index in [1.165, 1.54) is 30.9 Å². The molecule has 2 heterocycles. The lowest BCUT2D eigenvalue weighted by molar-refractivity contribution is 0.0960. The van der Waals surface area contributed by atoms with Gasteiger partial charge in [0, 0.05) is 5.02 Å². The molecule has 106 valence electrons. The number of imidazole rings is 1. The van der Waals surface area contributed by atoms with Gasteiger partial charge in [-0.3, -0.25) is 15.6 Å². The smallest absolute Gasteiger partial charge is 0.273 e. The molecule has 0 bridgehead atoms. The number of halogens is 1. The number of carbonyl (C=O) groups is 1. The second-order valence-electron chi connectivity index (χ2n) is 4.06. The average molecular weight is 305 g/mol. The normalized spacial score (nSPS) is 10.5. The molecule has 9 heteroatoms. The van der Waals surface area contributed by atoms with Crippen molar-refractivity contribution in [1.29, 1.82) is 0 Å². The lowest BCUT2D eigenvalue weighted by Gasteiger charge is -2.09. The molecule has 1 amide bonds. The summed E-state index contributed by atoms with van der Waals surface area (Å²) in [5, 5.41) is 10.0. The third-order valence-electron chi connectivity index (χ3n) is 2.72. The molecule has 0 fully saturated rings. The standard InChI is InChI=1S/C12H9ClN6O2/c13-6-1-2-7(8(20)3-6)12(21)19-18-11-9-10(15-4-14-9)16-5-17-11/h1-5,20H,(H,19,21)(H2,14,15,16,17,18). The van der Waals surface area contributed by atoms with Crippen molar-refractivity contribution in [1.82, 2.24) is 25.4 Å². The van der Waals surface area contributed by atoms with Gasteiger partial charge in [0.2, 0.25) is 0 Å². The molecule has 21 heavy (non-hydrogen) atoms. The van der Waals surface area contributed by atoms with Gasteiger partial charge in [0.1, 0.15) is 17.6 Å². The van der Waals surface area contributed by atoms with Crippen molar-refractivity contribution >= 4 is 34.5 Å². The zero-order chi connectivity index (χ0) is 14.8. The van der Waals surface area contributed by atoms with Crippen LogP contribution in [0.15, 0.2) is 30.9 Å². The predicted molar refractivity (Wildman–Crippen MR) is 75.9 cm³/mol. The highest BCUT2D eigenvalue weighted by Gasteiger charge is 2.12. The van der Waals surface area contributed by atoms with Gasteiger partial charge in [0.25, 0.3) is 5.91 Å². The van der Waals surface area contributed by atoms with Crippen molar-refractivity contribution in [3.63, 3.8) is 0 Å². The van der Waals surface area contributed by atoms with Crippen molar-refractivity contribution in [2.75, 3.05) is 5.43 Å². The minimum Gasteiger partial charge on any atom is -0.507 e. The third kappa shape index (κ3) is 2.56. The van der Waals surface area contributed by atoms with Crippen molar-refractivity contribution in [3.05, 3.63) is 41.4 Å². The first kappa shape index (κ1) is 13.1. The Morgan fingerprint density at radius 3 is 2.95 bits per heavy atom. The molecule has 8 nitrogen and oxygen atoms in total. The highest BCUT2D eigenvalue weighted by Crippen LogP contribution is 2.21. The number of phenolic OH excluding ortho intramolecular Hbond substituents is 1. The Bertz CT molecular complexity index is 818. The number of aromatic amines is 1. The van der Waals surface area contributed by atoms with Crippen LogP contribution in [0.5, 0.6) is 5.75 Å². The summed E-state index contributed by atoms with van der Waals surface area (Å²) in [7, 11) is 0. The van der Waals surface area contributed by atoms with Crippen LogP contribution in [0.25, 0.3) is 11.2 Å². The molecule has 0 aliphatic rings. The molecular weight excluding hydrogens is 296 g/mol. The van der Waals surface area contributed by atoms with E-state index in [9.17, 15) is 9.90 Å². The number of aromatic nitrogens is 4. The van der Waals surface area contributed by atoms with Gasteiger partial charge < -0.3 is 10.1 Å². The molecule has 0 saturated heterocycles. The van der Waals surface area contributed by atoms with Crippen LogP contribution in [0.2, 0.25) is 5.02 Å². The minimum absolute atomic E-state index is 0.0850. The topological polar surface area (TPSA) is 116 Å². The summed E-state index contributed by atoms with van der Waals surface area (Å²) in [6.07, 6.45) is 2.79. The largest absolute Gasteiger partial charge is 0.507 e. The highest BCUT2D eigenvalue weighted by molar-refractivity contribution is 6.30. The number of hydrazine groups is 1. The number of hydrogen-bond donors (Lipinski definition) is 4. The van der Waals surface area contributed by atoms with E-state index in [1.807, 2.05) is 0 Å². The maximum atomic E-state index is 12.0. The number of rotatable bonds is 3. The fourth-order valence-electron chi connectivity index (χ4n) is 1.74. The van der Waals surface area contributed by atoms with Crippen LogP contribution in [-0.2, 0) is 0 Å². The Hall–Kier alpha value is -2.87. The molecule has 0 radical (unpaired) electrons. The van der Waals surface area contributed by atoms with Crippen LogP contribution in [0.3, 0.4) is 0 Å². The number of anilines is 1. The van der Waals surface area contributed by atoms with Crippen LogP contribution in [-0.4, -0.2) is 30.9 Å². The zero-order valence-electron chi connectivity index (χ0n) is 10.5. The second kappa shape index (κ2) is 5.25. The van der Waals surface area contributed by atoms with Gasteiger partial charge in [-0.05, 0) is 18.2 Å². The van der Waals surface area contributed by atoms with Crippen molar-refractivity contribution in [2.45, 2.75) is 0 Å². The molecular formula is C12H9ClN6O2. The summed E-state index contributed by atoms with van der Waals surface area (Å²) < 4.78 is 0. The monoisotopic (exact) mass is 304 g/mol. The molecule has 3 aromatic rings. The number of aromatic hydroxyl groups is 1. The summed E-state index contributed by atoms with van der Waals surface area (Å²) in [5.41, 5.74) is 6.18. The SMILES string of the molecule is O=C(NNc1ncnc2nc[nH]c12)c1ccc(Cl)cc1O. The quantitative estimate of drug-likeness (QED) is 0.545. The molecule has 2 aromatic heterocycles. The molecule has 1 aromatic carbocycles. The second-order valence-corrected chi connectivity index (χ2v) is 4.50. The van der Waals surface area contributed by atoms with E-state index in [2.05, 4.69) is 30.8 Å². The summed E-state index contributed by atoms with van der Waals surface area (Å²) in [4.78, 5) is 26.7. The Labute approximate surface area is 123 Å². The van der Waals surface area contributed by atoms with E-state index < -0.39 is 5.91 Å². The van der Waals surface area contributed by atoms with Gasteiger partial charge in [0.05, 0.1) is 11.9 Å². The van der Waals surface area contributed by atoms with Crippen LogP contribution >= 0.6 is 11.6 Å². The van der Waals surface area contributed by atoms with Gasteiger partial charge in [-0.1, -0.05) is 11.6 Å². The van der Waals surface area contributed by atoms with Gasteiger partial charge >= 0.3 is 0 Å².